The number of aliphatic imine (C=N–C) groups is 1. The highest BCUT2D eigenvalue weighted by molar-refractivity contribution is 14.0. The fraction of sp³-hybridized carbons (Fsp3) is 0.545. The van der Waals surface area contributed by atoms with Gasteiger partial charge in [-0.2, -0.15) is 5.10 Å². The summed E-state index contributed by atoms with van der Waals surface area (Å²) in [6.07, 6.45) is 1.86. The lowest BCUT2D eigenvalue weighted by molar-refractivity contribution is 0.172. The molecular weight excluding hydrogens is 493 g/mol. The van der Waals surface area contributed by atoms with E-state index in [-0.39, 0.29) is 24.0 Å². The Bertz CT molecular complexity index is 764. The van der Waals surface area contributed by atoms with E-state index in [2.05, 4.69) is 46.4 Å². The number of ether oxygens (including phenoxy) is 2. The van der Waals surface area contributed by atoms with Crippen LogP contribution in [0.5, 0.6) is 5.75 Å². The topological polar surface area (TPSA) is 72.7 Å². The molecule has 2 aromatic rings. The van der Waals surface area contributed by atoms with Crippen LogP contribution in [0.2, 0.25) is 0 Å². The van der Waals surface area contributed by atoms with Crippen molar-refractivity contribution in [3.05, 3.63) is 47.3 Å². The Morgan fingerprint density at radius 3 is 2.67 bits per heavy atom. The normalized spacial score (nSPS) is 11.1. The first-order valence-electron chi connectivity index (χ1n) is 10.4. The van der Waals surface area contributed by atoms with Crippen molar-refractivity contribution in [1.82, 2.24) is 20.4 Å². The summed E-state index contributed by atoms with van der Waals surface area (Å²) in [5.41, 5.74) is 3.39. The van der Waals surface area contributed by atoms with E-state index in [0.717, 1.165) is 55.4 Å². The highest BCUT2D eigenvalue weighted by Gasteiger charge is 2.02. The summed E-state index contributed by atoms with van der Waals surface area (Å²) in [7, 11) is 1.70. The van der Waals surface area contributed by atoms with E-state index in [1.165, 1.54) is 5.69 Å². The predicted octanol–water partition coefficient (Wildman–Crippen LogP) is 3.68. The van der Waals surface area contributed by atoms with E-state index in [1.54, 1.807) is 7.11 Å². The zero-order valence-corrected chi connectivity index (χ0v) is 20.9. The van der Waals surface area contributed by atoms with Gasteiger partial charge >= 0.3 is 0 Å². The molecule has 168 valence electrons. The Kier molecular flexibility index (Phi) is 13.2. The van der Waals surface area contributed by atoms with Crippen molar-refractivity contribution in [1.29, 1.82) is 0 Å². The SMILES string of the molecule is CCNC(=NCc1cccc(OCCCOC)c1)NCCCn1nc(C)cc1C.I. The first-order chi connectivity index (χ1) is 14.1. The Morgan fingerprint density at radius 1 is 1.13 bits per heavy atom. The van der Waals surface area contributed by atoms with Gasteiger partial charge in [-0.25, -0.2) is 4.99 Å². The lowest BCUT2D eigenvalue weighted by Crippen LogP contribution is -2.38. The minimum atomic E-state index is 0. The summed E-state index contributed by atoms with van der Waals surface area (Å²) in [5, 5.41) is 11.2. The summed E-state index contributed by atoms with van der Waals surface area (Å²) >= 11 is 0. The molecule has 0 amide bonds. The number of rotatable bonds is 12. The van der Waals surface area contributed by atoms with Gasteiger partial charge in [0.2, 0.25) is 0 Å². The standard InChI is InChI=1S/C22H35N5O2.HI/c1-5-23-22(24-11-7-12-27-19(3)15-18(2)26-27)25-17-20-9-6-10-21(16-20)29-14-8-13-28-4;/h6,9-10,15-16H,5,7-8,11-14,17H2,1-4H3,(H2,23,24,25);1H. The number of halogens is 1. The van der Waals surface area contributed by atoms with Crippen LogP contribution in [0.4, 0.5) is 0 Å². The summed E-state index contributed by atoms with van der Waals surface area (Å²) in [6.45, 7) is 10.7. The molecule has 0 aliphatic rings. The van der Waals surface area contributed by atoms with Crippen LogP contribution in [-0.2, 0) is 17.8 Å². The molecule has 0 spiro atoms. The van der Waals surface area contributed by atoms with Gasteiger partial charge < -0.3 is 20.1 Å². The molecular formula is C22H36IN5O2. The van der Waals surface area contributed by atoms with E-state index in [0.29, 0.717) is 19.8 Å². The second-order valence-electron chi connectivity index (χ2n) is 6.97. The molecule has 0 aliphatic heterocycles. The zero-order valence-electron chi connectivity index (χ0n) is 18.6. The van der Waals surface area contributed by atoms with Crippen LogP contribution in [0.3, 0.4) is 0 Å². The first-order valence-corrected chi connectivity index (χ1v) is 10.4. The smallest absolute Gasteiger partial charge is 0.191 e. The number of benzene rings is 1. The van der Waals surface area contributed by atoms with Gasteiger partial charge in [0.1, 0.15) is 5.75 Å². The summed E-state index contributed by atoms with van der Waals surface area (Å²) < 4.78 is 12.9. The summed E-state index contributed by atoms with van der Waals surface area (Å²) in [4.78, 5) is 4.70. The van der Waals surface area contributed by atoms with Crippen LogP contribution >= 0.6 is 24.0 Å². The minimum Gasteiger partial charge on any atom is -0.493 e. The quantitative estimate of drug-likeness (QED) is 0.190. The molecule has 0 aliphatic carbocycles. The molecule has 0 saturated heterocycles. The largest absolute Gasteiger partial charge is 0.493 e. The third-order valence-electron chi connectivity index (χ3n) is 4.37. The monoisotopic (exact) mass is 529 g/mol. The third kappa shape index (κ3) is 9.80. The number of hydrogen-bond donors (Lipinski definition) is 2. The summed E-state index contributed by atoms with van der Waals surface area (Å²) in [6, 6.07) is 10.2. The number of methoxy groups -OCH3 is 1. The fourth-order valence-corrected chi connectivity index (χ4v) is 2.98. The average Bonchev–Trinajstić information content (AvgIpc) is 3.04. The molecule has 0 unspecified atom stereocenters. The third-order valence-corrected chi connectivity index (χ3v) is 4.37. The molecule has 0 atom stereocenters. The Morgan fingerprint density at radius 2 is 1.97 bits per heavy atom. The lowest BCUT2D eigenvalue weighted by atomic mass is 10.2. The predicted molar refractivity (Wildman–Crippen MR) is 133 cm³/mol. The second-order valence-corrected chi connectivity index (χ2v) is 6.97. The molecule has 0 bridgehead atoms. The van der Waals surface area contributed by atoms with E-state index in [9.17, 15) is 0 Å². The van der Waals surface area contributed by atoms with Crippen LogP contribution in [0.1, 0.15) is 36.7 Å². The maximum Gasteiger partial charge on any atom is 0.191 e. The van der Waals surface area contributed by atoms with Crippen LogP contribution in [0, 0.1) is 13.8 Å². The summed E-state index contributed by atoms with van der Waals surface area (Å²) in [5.74, 6) is 1.70. The van der Waals surface area contributed by atoms with E-state index >= 15 is 0 Å². The molecule has 2 N–H and O–H groups in total. The lowest BCUT2D eigenvalue weighted by Gasteiger charge is -2.12. The number of nitrogens with one attached hydrogen (secondary N) is 2. The molecule has 30 heavy (non-hydrogen) atoms. The van der Waals surface area contributed by atoms with E-state index in [4.69, 9.17) is 14.5 Å². The minimum absolute atomic E-state index is 0. The van der Waals surface area contributed by atoms with Gasteiger partial charge in [0.05, 0.1) is 18.8 Å². The molecule has 2 rings (SSSR count). The van der Waals surface area contributed by atoms with Crippen molar-refractivity contribution in [3.8, 4) is 5.75 Å². The molecule has 8 heteroatoms. The molecule has 0 fully saturated rings. The number of aromatic nitrogens is 2. The molecule has 0 saturated carbocycles. The van der Waals surface area contributed by atoms with Crippen LogP contribution in [0.15, 0.2) is 35.3 Å². The fourth-order valence-electron chi connectivity index (χ4n) is 2.98. The maximum atomic E-state index is 5.77. The van der Waals surface area contributed by atoms with Crippen LogP contribution < -0.4 is 15.4 Å². The van der Waals surface area contributed by atoms with Gasteiger partial charge in [-0.3, -0.25) is 4.68 Å². The van der Waals surface area contributed by atoms with Gasteiger partial charge in [0.25, 0.3) is 0 Å². The van der Waals surface area contributed by atoms with Gasteiger partial charge in [-0.15, -0.1) is 24.0 Å². The molecule has 1 heterocycles. The maximum absolute atomic E-state index is 5.77. The van der Waals surface area contributed by atoms with Crippen LogP contribution in [-0.4, -0.2) is 49.2 Å². The number of aryl methyl sites for hydroxylation is 3. The van der Waals surface area contributed by atoms with Crippen molar-refractivity contribution >= 4 is 29.9 Å². The van der Waals surface area contributed by atoms with E-state index in [1.807, 2.05) is 25.1 Å². The molecule has 7 nitrogen and oxygen atoms in total. The van der Waals surface area contributed by atoms with Gasteiger partial charge in [-0.1, -0.05) is 12.1 Å². The van der Waals surface area contributed by atoms with Crippen molar-refractivity contribution in [2.75, 3.05) is 33.4 Å². The Balaban J connectivity index is 0.00000450. The highest BCUT2D eigenvalue weighted by atomic mass is 127. The van der Waals surface area contributed by atoms with Gasteiger partial charge in [0, 0.05) is 45.5 Å². The Labute approximate surface area is 197 Å². The first kappa shape index (κ1) is 26.2. The van der Waals surface area contributed by atoms with Gasteiger partial charge in [-0.05, 0) is 51.0 Å². The van der Waals surface area contributed by atoms with Crippen molar-refractivity contribution in [2.45, 2.75) is 46.7 Å². The average molecular weight is 529 g/mol. The molecule has 1 aromatic heterocycles. The Hall–Kier alpha value is -1.81. The van der Waals surface area contributed by atoms with Crippen LogP contribution in [0.25, 0.3) is 0 Å². The zero-order chi connectivity index (χ0) is 20.9. The second kappa shape index (κ2) is 15.1. The number of hydrogen-bond acceptors (Lipinski definition) is 4. The number of nitrogens with zero attached hydrogens (tertiary/aromatic N) is 3. The van der Waals surface area contributed by atoms with Gasteiger partial charge in [0.15, 0.2) is 5.96 Å². The molecule has 1 aromatic carbocycles. The van der Waals surface area contributed by atoms with Crippen molar-refractivity contribution in [2.24, 2.45) is 4.99 Å². The highest BCUT2D eigenvalue weighted by Crippen LogP contribution is 2.14. The van der Waals surface area contributed by atoms with E-state index < -0.39 is 0 Å². The number of guanidine groups is 1. The molecule has 0 radical (unpaired) electrons. The van der Waals surface area contributed by atoms with Crippen molar-refractivity contribution in [3.63, 3.8) is 0 Å². The van der Waals surface area contributed by atoms with Crippen molar-refractivity contribution < 1.29 is 9.47 Å².